The number of nitrogen functional groups attached to an aromatic ring is 1. The lowest BCUT2D eigenvalue weighted by Crippen LogP contribution is -2.04. The molecule has 1 aromatic heterocycles. The highest BCUT2D eigenvalue weighted by Gasteiger charge is 2.13. The fourth-order valence-electron chi connectivity index (χ4n) is 1.92. The molecule has 0 fully saturated rings. The molecule has 0 unspecified atom stereocenters. The summed E-state index contributed by atoms with van der Waals surface area (Å²) in [6.07, 6.45) is 0. The van der Waals surface area contributed by atoms with Crippen molar-refractivity contribution in [3.63, 3.8) is 0 Å². The van der Waals surface area contributed by atoms with Crippen LogP contribution in [0.4, 0.5) is 11.6 Å². The number of anilines is 2. The number of benzene rings is 1. The van der Waals surface area contributed by atoms with Crippen molar-refractivity contribution < 1.29 is 9.47 Å². The number of nitrogens with zero attached hydrogens (tertiary/aromatic N) is 2. The maximum atomic E-state index is 5.67. The van der Waals surface area contributed by atoms with Crippen LogP contribution in [0.2, 0.25) is 0 Å². The minimum atomic E-state index is 0.286. The van der Waals surface area contributed by atoms with Gasteiger partial charge in [0.05, 0.1) is 0 Å². The third-order valence-corrected chi connectivity index (χ3v) is 2.77. The molecule has 1 aliphatic rings. The number of ether oxygens (including phenoxy) is 2. The number of hydrogen-bond acceptors (Lipinski definition) is 6. The first kappa shape index (κ1) is 11.6. The lowest BCUT2D eigenvalue weighted by Gasteiger charge is -2.07. The number of aryl methyl sites for hydroxylation is 1. The highest BCUT2D eigenvalue weighted by molar-refractivity contribution is 5.47. The van der Waals surface area contributed by atoms with Gasteiger partial charge in [-0.15, -0.1) is 0 Å². The van der Waals surface area contributed by atoms with Crippen molar-refractivity contribution in [1.29, 1.82) is 0 Å². The molecule has 6 nitrogen and oxygen atoms in total. The van der Waals surface area contributed by atoms with E-state index in [1.165, 1.54) is 0 Å². The number of nitrogens with two attached hydrogens (primary N) is 1. The van der Waals surface area contributed by atoms with Crippen molar-refractivity contribution >= 4 is 11.6 Å². The molecule has 0 radical (unpaired) electrons. The van der Waals surface area contributed by atoms with Gasteiger partial charge < -0.3 is 20.5 Å². The van der Waals surface area contributed by atoms with Gasteiger partial charge in [0.1, 0.15) is 17.5 Å². The summed E-state index contributed by atoms with van der Waals surface area (Å²) >= 11 is 0. The highest BCUT2D eigenvalue weighted by atomic mass is 16.7. The van der Waals surface area contributed by atoms with E-state index >= 15 is 0 Å². The van der Waals surface area contributed by atoms with Gasteiger partial charge in [0.2, 0.25) is 6.79 Å². The second kappa shape index (κ2) is 4.64. The molecule has 0 saturated heterocycles. The summed E-state index contributed by atoms with van der Waals surface area (Å²) in [4.78, 5) is 8.29. The van der Waals surface area contributed by atoms with Crippen LogP contribution in [0, 0.1) is 6.92 Å². The predicted octanol–water partition coefficient (Wildman–Crippen LogP) is 1.71. The Kier molecular flexibility index (Phi) is 2.83. The normalized spacial score (nSPS) is 12.5. The Morgan fingerprint density at radius 1 is 1.21 bits per heavy atom. The molecular formula is C13H14N4O2. The fraction of sp³-hybridized carbons (Fsp3) is 0.231. The third kappa shape index (κ3) is 2.52. The number of aromatic nitrogens is 2. The zero-order valence-electron chi connectivity index (χ0n) is 10.5. The van der Waals surface area contributed by atoms with Crippen LogP contribution in [0.3, 0.4) is 0 Å². The Morgan fingerprint density at radius 3 is 2.89 bits per heavy atom. The first-order valence-corrected chi connectivity index (χ1v) is 5.94. The minimum absolute atomic E-state index is 0.286. The van der Waals surface area contributed by atoms with Crippen molar-refractivity contribution in [3.05, 3.63) is 35.7 Å². The van der Waals surface area contributed by atoms with E-state index in [1.54, 1.807) is 6.07 Å². The van der Waals surface area contributed by atoms with E-state index in [1.807, 2.05) is 25.1 Å². The van der Waals surface area contributed by atoms with Gasteiger partial charge in [0.25, 0.3) is 0 Å². The average Bonchev–Trinajstić information content (AvgIpc) is 2.82. The summed E-state index contributed by atoms with van der Waals surface area (Å²) in [5.41, 5.74) is 6.76. The van der Waals surface area contributed by atoms with Crippen LogP contribution in [-0.4, -0.2) is 16.8 Å². The summed E-state index contributed by atoms with van der Waals surface area (Å²) in [6.45, 7) is 2.72. The number of hydrogen-bond donors (Lipinski definition) is 2. The highest BCUT2D eigenvalue weighted by Crippen LogP contribution is 2.32. The van der Waals surface area contributed by atoms with Crippen molar-refractivity contribution in [1.82, 2.24) is 9.97 Å². The quantitative estimate of drug-likeness (QED) is 0.872. The van der Waals surface area contributed by atoms with E-state index in [2.05, 4.69) is 15.3 Å². The Hall–Kier alpha value is -2.50. The molecular weight excluding hydrogens is 244 g/mol. The molecule has 0 atom stereocenters. The molecule has 2 heterocycles. The molecule has 0 spiro atoms. The van der Waals surface area contributed by atoms with Gasteiger partial charge in [0.15, 0.2) is 11.5 Å². The summed E-state index contributed by atoms with van der Waals surface area (Å²) in [5.74, 6) is 3.38. The molecule has 2 aromatic rings. The molecule has 98 valence electrons. The van der Waals surface area contributed by atoms with Gasteiger partial charge in [0, 0.05) is 12.6 Å². The summed E-state index contributed by atoms with van der Waals surface area (Å²) in [6, 6.07) is 7.55. The summed E-state index contributed by atoms with van der Waals surface area (Å²) in [5, 5.41) is 3.21. The Labute approximate surface area is 110 Å². The van der Waals surface area contributed by atoms with E-state index in [0.717, 1.165) is 17.1 Å². The van der Waals surface area contributed by atoms with Crippen LogP contribution < -0.4 is 20.5 Å². The van der Waals surface area contributed by atoms with Crippen LogP contribution in [0.25, 0.3) is 0 Å². The zero-order valence-corrected chi connectivity index (χ0v) is 10.5. The Morgan fingerprint density at radius 2 is 2.05 bits per heavy atom. The first-order valence-electron chi connectivity index (χ1n) is 5.94. The maximum Gasteiger partial charge on any atom is 0.231 e. The average molecular weight is 258 g/mol. The van der Waals surface area contributed by atoms with E-state index in [0.29, 0.717) is 24.0 Å². The summed E-state index contributed by atoms with van der Waals surface area (Å²) in [7, 11) is 0. The van der Waals surface area contributed by atoms with Gasteiger partial charge in [-0.3, -0.25) is 0 Å². The topological polar surface area (TPSA) is 82.3 Å². The van der Waals surface area contributed by atoms with Crippen LogP contribution in [-0.2, 0) is 6.54 Å². The zero-order chi connectivity index (χ0) is 13.2. The second-order valence-corrected chi connectivity index (χ2v) is 4.27. The van der Waals surface area contributed by atoms with Crippen LogP contribution in [0.5, 0.6) is 11.5 Å². The minimum Gasteiger partial charge on any atom is -0.454 e. The van der Waals surface area contributed by atoms with E-state index in [9.17, 15) is 0 Å². The molecule has 0 saturated carbocycles. The Balaban J connectivity index is 1.72. The van der Waals surface area contributed by atoms with Crippen molar-refractivity contribution in [2.75, 3.05) is 17.8 Å². The second-order valence-electron chi connectivity index (χ2n) is 4.27. The number of nitrogens with one attached hydrogen (secondary N) is 1. The number of fused-ring (bicyclic) bond motifs is 1. The van der Waals surface area contributed by atoms with E-state index in [-0.39, 0.29) is 6.79 Å². The summed E-state index contributed by atoms with van der Waals surface area (Å²) < 4.78 is 10.6. The monoisotopic (exact) mass is 258 g/mol. The molecule has 19 heavy (non-hydrogen) atoms. The van der Waals surface area contributed by atoms with Gasteiger partial charge in [-0.2, -0.15) is 0 Å². The van der Waals surface area contributed by atoms with Crippen LogP contribution in [0.15, 0.2) is 24.3 Å². The maximum absolute atomic E-state index is 5.67. The van der Waals surface area contributed by atoms with Crippen LogP contribution >= 0.6 is 0 Å². The molecule has 6 heteroatoms. The molecule has 0 amide bonds. The van der Waals surface area contributed by atoms with Gasteiger partial charge in [-0.1, -0.05) is 6.07 Å². The van der Waals surface area contributed by atoms with Crippen molar-refractivity contribution in [2.24, 2.45) is 0 Å². The SMILES string of the molecule is Cc1nc(N)cc(NCc2ccc3c(c2)OCO3)n1. The molecule has 3 rings (SSSR count). The fourth-order valence-corrected chi connectivity index (χ4v) is 1.92. The van der Waals surface area contributed by atoms with Crippen LogP contribution in [0.1, 0.15) is 11.4 Å². The molecule has 0 bridgehead atoms. The number of rotatable bonds is 3. The van der Waals surface area contributed by atoms with Gasteiger partial charge >= 0.3 is 0 Å². The first-order chi connectivity index (χ1) is 9.20. The molecule has 0 aliphatic carbocycles. The lowest BCUT2D eigenvalue weighted by atomic mass is 10.2. The molecule has 1 aromatic carbocycles. The molecule has 3 N–H and O–H groups in total. The van der Waals surface area contributed by atoms with Crippen molar-refractivity contribution in [2.45, 2.75) is 13.5 Å². The molecule has 1 aliphatic heterocycles. The van der Waals surface area contributed by atoms with Crippen molar-refractivity contribution in [3.8, 4) is 11.5 Å². The largest absolute Gasteiger partial charge is 0.454 e. The van der Waals surface area contributed by atoms with Gasteiger partial charge in [-0.25, -0.2) is 9.97 Å². The van der Waals surface area contributed by atoms with E-state index < -0.39 is 0 Å². The smallest absolute Gasteiger partial charge is 0.231 e. The Bertz CT molecular complexity index is 595. The standard InChI is InChI=1S/C13H14N4O2/c1-8-16-12(14)5-13(17-8)15-6-9-2-3-10-11(4-9)19-7-18-10/h2-5H,6-7H2,1H3,(H3,14,15,16,17). The van der Waals surface area contributed by atoms with E-state index in [4.69, 9.17) is 15.2 Å². The van der Waals surface area contributed by atoms with Gasteiger partial charge in [-0.05, 0) is 24.6 Å². The predicted molar refractivity (Wildman–Crippen MR) is 71.1 cm³/mol. The lowest BCUT2D eigenvalue weighted by molar-refractivity contribution is 0.174. The third-order valence-electron chi connectivity index (χ3n) is 2.77.